The smallest absolute Gasteiger partial charge is 0.362 e. The lowest BCUT2D eigenvalue weighted by Gasteiger charge is -2.15. The summed E-state index contributed by atoms with van der Waals surface area (Å²) >= 11 is 0. The van der Waals surface area contributed by atoms with Gasteiger partial charge in [-0.25, -0.2) is 9.59 Å². The third-order valence-electron chi connectivity index (χ3n) is 6.37. The molecule has 0 bridgehead atoms. The second-order valence-electron chi connectivity index (χ2n) is 8.48. The molecule has 2 heterocycles. The highest BCUT2D eigenvalue weighted by Gasteiger charge is 2.56. The Morgan fingerprint density at radius 1 is 1.12 bits per heavy atom. The van der Waals surface area contributed by atoms with E-state index in [1.165, 1.54) is 0 Å². The summed E-state index contributed by atoms with van der Waals surface area (Å²) in [7, 11) is 0. The molecule has 0 atom stereocenters. The van der Waals surface area contributed by atoms with E-state index in [0.717, 1.165) is 51.0 Å². The van der Waals surface area contributed by atoms with Gasteiger partial charge in [0.2, 0.25) is 11.6 Å². The maximum atomic E-state index is 12.3. The summed E-state index contributed by atoms with van der Waals surface area (Å²) < 4.78 is 0.887. The Hall–Kier alpha value is -4.01. The molecule has 2 aliphatic rings. The number of aromatic carboxylic acids is 1. The van der Waals surface area contributed by atoms with Crippen LogP contribution in [-0.2, 0) is 16.6 Å². The molecule has 9 heteroatoms. The number of carboxylic acid groups (broad SMARTS) is 1. The number of carboxylic acids is 1. The Bertz CT molecular complexity index is 1420. The summed E-state index contributed by atoms with van der Waals surface area (Å²) in [6, 6.07) is 9.52. The van der Waals surface area contributed by atoms with Crippen LogP contribution in [0.1, 0.15) is 51.1 Å². The van der Waals surface area contributed by atoms with E-state index in [1.807, 2.05) is 31.0 Å². The monoisotopic (exact) mass is 432 g/mol. The van der Waals surface area contributed by atoms with Gasteiger partial charge in [-0.05, 0) is 79.1 Å². The van der Waals surface area contributed by atoms with Gasteiger partial charge in [0.05, 0.1) is 11.1 Å². The number of nitrogens with zero attached hydrogens (tertiary/aromatic N) is 2. The van der Waals surface area contributed by atoms with Crippen LogP contribution in [0.15, 0.2) is 39.9 Å². The standard InChI is InChI=1S/C23H20N4O5/c1-11-7-14(27-22(32)25-19(28)18(26-27)20(29)30)8-12(2)15(11)9-13-3-4-17-16(10-13)23(5-6-23)21(31)24-17/h3-4,7-8,10H,5-6,9H2,1-2H3,(H,24,31)(H,29,30)(H,25,28,32). The Labute approximate surface area is 181 Å². The van der Waals surface area contributed by atoms with Crippen LogP contribution in [0.4, 0.5) is 5.69 Å². The number of H-pyrrole nitrogens is 1. The Morgan fingerprint density at radius 2 is 1.81 bits per heavy atom. The molecule has 3 N–H and O–H groups in total. The zero-order valence-corrected chi connectivity index (χ0v) is 17.5. The molecule has 3 aromatic rings. The van der Waals surface area contributed by atoms with Crippen molar-refractivity contribution in [1.82, 2.24) is 14.8 Å². The molecule has 0 saturated heterocycles. The molecule has 1 aliphatic heterocycles. The van der Waals surface area contributed by atoms with E-state index in [9.17, 15) is 19.2 Å². The highest BCUT2D eigenvalue weighted by Crippen LogP contribution is 2.55. The first-order valence-electron chi connectivity index (χ1n) is 10.2. The molecular formula is C23H20N4O5. The highest BCUT2D eigenvalue weighted by molar-refractivity contribution is 6.08. The maximum absolute atomic E-state index is 12.3. The number of nitrogens with one attached hydrogen (secondary N) is 2. The first kappa shape index (κ1) is 19.9. The molecule has 1 spiro atoms. The van der Waals surface area contributed by atoms with E-state index in [2.05, 4.69) is 16.5 Å². The quantitative estimate of drug-likeness (QED) is 0.576. The van der Waals surface area contributed by atoms with Gasteiger partial charge in [0.15, 0.2) is 0 Å². The summed E-state index contributed by atoms with van der Waals surface area (Å²) in [5, 5.41) is 15.8. The van der Waals surface area contributed by atoms with E-state index < -0.39 is 22.9 Å². The zero-order valence-electron chi connectivity index (χ0n) is 17.5. The van der Waals surface area contributed by atoms with Crippen LogP contribution < -0.4 is 16.6 Å². The predicted octanol–water partition coefficient (Wildman–Crippen LogP) is 1.81. The number of anilines is 1. The molecule has 162 valence electrons. The van der Waals surface area contributed by atoms with Crippen LogP contribution in [0.25, 0.3) is 5.69 Å². The van der Waals surface area contributed by atoms with Gasteiger partial charge in [-0.15, -0.1) is 0 Å². The molecule has 1 fully saturated rings. The third kappa shape index (κ3) is 2.96. The molecule has 5 rings (SSSR count). The van der Waals surface area contributed by atoms with Gasteiger partial charge >= 0.3 is 11.7 Å². The summed E-state index contributed by atoms with van der Waals surface area (Å²) in [6.07, 6.45) is 2.40. The van der Waals surface area contributed by atoms with Crippen molar-refractivity contribution >= 4 is 17.6 Å². The Morgan fingerprint density at radius 3 is 2.44 bits per heavy atom. The third-order valence-corrected chi connectivity index (χ3v) is 6.37. The van der Waals surface area contributed by atoms with Crippen LogP contribution >= 0.6 is 0 Å². The van der Waals surface area contributed by atoms with Crippen LogP contribution in [0.5, 0.6) is 0 Å². The van der Waals surface area contributed by atoms with Crippen LogP contribution in [-0.4, -0.2) is 31.7 Å². The predicted molar refractivity (Wildman–Crippen MR) is 116 cm³/mol. The summed E-state index contributed by atoms with van der Waals surface area (Å²) in [5.74, 6) is -1.43. The van der Waals surface area contributed by atoms with E-state index in [1.54, 1.807) is 12.1 Å². The fourth-order valence-electron chi connectivity index (χ4n) is 4.48. The highest BCUT2D eigenvalue weighted by atomic mass is 16.4. The van der Waals surface area contributed by atoms with Crippen molar-refractivity contribution in [3.05, 3.63) is 84.7 Å². The number of benzene rings is 2. The molecule has 1 saturated carbocycles. The number of amides is 1. The van der Waals surface area contributed by atoms with Gasteiger partial charge in [-0.3, -0.25) is 14.6 Å². The van der Waals surface area contributed by atoms with Crippen molar-refractivity contribution in [3.63, 3.8) is 0 Å². The van der Waals surface area contributed by atoms with Crippen molar-refractivity contribution in [1.29, 1.82) is 0 Å². The van der Waals surface area contributed by atoms with Crippen molar-refractivity contribution < 1.29 is 14.7 Å². The molecule has 0 unspecified atom stereocenters. The number of hydrogen-bond acceptors (Lipinski definition) is 5. The molecule has 9 nitrogen and oxygen atoms in total. The zero-order chi connectivity index (χ0) is 22.8. The van der Waals surface area contributed by atoms with Gasteiger partial charge in [0, 0.05) is 5.69 Å². The van der Waals surface area contributed by atoms with Gasteiger partial charge < -0.3 is 10.4 Å². The minimum Gasteiger partial charge on any atom is -0.476 e. The van der Waals surface area contributed by atoms with Crippen LogP contribution in [0.3, 0.4) is 0 Å². The summed E-state index contributed by atoms with van der Waals surface area (Å²) in [5.41, 5.74) is 3.31. The van der Waals surface area contributed by atoms with E-state index in [0.29, 0.717) is 12.1 Å². The Kier molecular flexibility index (Phi) is 4.20. The number of aryl methyl sites for hydroxylation is 2. The van der Waals surface area contributed by atoms with Gasteiger partial charge in [0.1, 0.15) is 0 Å². The lowest BCUT2D eigenvalue weighted by Crippen LogP contribution is -2.35. The van der Waals surface area contributed by atoms with Gasteiger partial charge in [-0.1, -0.05) is 12.1 Å². The molecule has 0 radical (unpaired) electrons. The van der Waals surface area contributed by atoms with E-state index >= 15 is 0 Å². The minimum atomic E-state index is -1.51. The molecule has 1 amide bonds. The fourth-order valence-corrected chi connectivity index (χ4v) is 4.48. The molecule has 1 aliphatic carbocycles. The number of rotatable bonds is 4. The first-order chi connectivity index (χ1) is 15.2. The average molecular weight is 432 g/mol. The second kappa shape index (κ2) is 6.74. The fraction of sp³-hybridized carbons (Fsp3) is 0.261. The topological polar surface area (TPSA) is 134 Å². The summed E-state index contributed by atoms with van der Waals surface area (Å²) in [4.78, 5) is 49.4. The molecule has 2 aromatic carbocycles. The van der Waals surface area contributed by atoms with E-state index in [-0.39, 0.29) is 11.3 Å². The largest absolute Gasteiger partial charge is 0.476 e. The van der Waals surface area contributed by atoms with Crippen LogP contribution in [0.2, 0.25) is 0 Å². The van der Waals surface area contributed by atoms with Crippen molar-refractivity contribution in [2.75, 3.05) is 5.32 Å². The van der Waals surface area contributed by atoms with Crippen molar-refractivity contribution in [2.45, 2.75) is 38.5 Å². The lowest BCUT2D eigenvalue weighted by molar-refractivity contribution is -0.117. The summed E-state index contributed by atoms with van der Waals surface area (Å²) in [6.45, 7) is 3.81. The first-order valence-corrected chi connectivity index (χ1v) is 10.2. The molecule has 32 heavy (non-hydrogen) atoms. The average Bonchev–Trinajstić information content (AvgIpc) is 3.48. The number of carbonyl (C=O) groups is 2. The maximum Gasteiger partial charge on any atom is 0.362 e. The lowest BCUT2D eigenvalue weighted by atomic mass is 9.91. The number of aromatic amines is 1. The van der Waals surface area contributed by atoms with Gasteiger partial charge in [0.25, 0.3) is 5.56 Å². The van der Waals surface area contributed by atoms with Crippen molar-refractivity contribution in [3.8, 4) is 5.69 Å². The SMILES string of the molecule is Cc1cc(-n2nc(C(=O)O)c(=O)[nH]c2=O)cc(C)c1Cc1ccc2c(c1)C1(CC1)C(=O)N2. The normalized spacial score (nSPS) is 15.5. The number of aromatic nitrogens is 3. The number of carbonyl (C=O) groups excluding carboxylic acids is 1. The molecule has 1 aromatic heterocycles. The minimum absolute atomic E-state index is 0.0842. The second-order valence-corrected chi connectivity index (χ2v) is 8.48. The Balaban J connectivity index is 1.52. The number of hydrogen-bond donors (Lipinski definition) is 3. The van der Waals surface area contributed by atoms with Gasteiger partial charge in [-0.2, -0.15) is 9.78 Å². The van der Waals surface area contributed by atoms with Crippen molar-refractivity contribution in [2.24, 2.45) is 0 Å². The van der Waals surface area contributed by atoms with Crippen LogP contribution in [0, 0.1) is 13.8 Å². The number of fused-ring (bicyclic) bond motifs is 2. The van der Waals surface area contributed by atoms with E-state index in [4.69, 9.17) is 5.11 Å². The molecular weight excluding hydrogens is 412 g/mol.